The second-order valence-electron chi connectivity index (χ2n) is 7.64. The van der Waals surface area contributed by atoms with Gasteiger partial charge in [-0.05, 0) is 35.4 Å². The van der Waals surface area contributed by atoms with Crippen LogP contribution in [0.25, 0.3) is 28.2 Å². The molecule has 2 heterocycles. The summed E-state index contributed by atoms with van der Waals surface area (Å²) >= 11 is 0. The van der Waals surface area contributed by atoms with E-state index in [4.69, 9.17) is 14.2 Å². The molecule has 6 heteroatoms. The maximum absolute atomic E-state index is 13.2. The van der Waals surface area contributed by atoms with Crippen LogP contribution < -0.4 is 9.47 Å². The molecule has 0 aliphatic carbocycles. The van der Waals surface area contributed by atoms with Crippen molar-refractivity contribution >= 4 is 28.7 Å². The van der Waals surface area contributed by atoms with Crippen LogP contribution in [0.1, 0.15) is 15.9 Å². The van der Waals surface area contributed by atoms with Gasteiger partial charge in [0, 0.05) is 24.0 Å². The van der Waals surface area contributed by atoms with E-state index in [1.165, 1.54) is 6.08 Å². The SMILES string of the molecule is Cn1c(-c2ccccc2)c(C(=O)COC(=O)C=Cc2ccc3c(c2)OCO3)c2ccccc21. The number of para-hydroxylation sites is 1. The first-order valence-electron chi connectivity index (χ1n) is 10.5. The van der Waals surface area contributed by atoms with E-state index in [-0.39, 0.29) is 19.2 Å². The summed E-state index contributed by atoms with van der Waals surface area (Å²) in [5.74, 6) is 0.452. The number of aromatic nitrogens is 1. The minimum Gasteiger partial charge on any atom is -0.454 e. The van der Waals surface area contributed by atoms with Crippen molar-refractivity contribution in [3.05, 3.63) is 90.0 Å². The first-order valence-corrected chi connectivity index (χ1v) is 10.5. The molecule has 4 aromatic rings. The minimum atomic E-state index is -0.595. The molecular weight excluding hydrogens is 418 g/mol. The third-order valence-electron chi connectivity index (χ3n) is 5.59. The van der Waals surface area contributed by atoms with Gasteiger partial charge in [0.05, 0.1) is 11.3 Å². The highest BCUT2D eigenvalue weighted by molar-refractivity contribution is 6.14. The van der Waals surface area contributed by atoms with Crippen LogP contribution in [0, 0.1) is 0 Å². The molecule has 0 saturated carbocycles. The zero-order valence-electron chi connectivity index (χ0n) is 18.0. The molecule has 0 fully saturated rings. The van der Waals surface area contributed by atoms with Crippen LogP contribution in [0.5, 0.6) is 11.5 Å². The fourth-order valence-corrected chi connectivity index (χ4v) is 4.05. The molecule has 1 aromatic heterocycles. The number of nitrogens with zero attached hydrogens (tertiary/aromatic N) is 1. The molecule has 1 aliphatic rings. The monoisotopic (exact) mass is 439 g/mol. The van der Waals surface area contributed by atoms with E-state index in [9.17, 15) is 9.59 Å². The Kier molecular flexibility index (Phi) is 5.40. The lowest BCUT2D eigenvalue weighted by Crippen LogP contribution is -2.13. The molecule has 0 saturated heterocycles. The zero-order chi connectivity index (χ0) is 22.8. The molecule has 33 heavy (non-hydrogen) atoms. The van der Waals surface area contributed by atoms with Crippen molar-refractivity contribution in [2.45, 2.75) is 0 Å². The van der Waals surface area contributed by atoms with Crippen molar-refractivity contribution in [3.8, 4) is 22.8 Å². The third kappa shape index (κ3) is 3.99. The minimum absolute atomic E-state index is 0.186. The van der Waals surface area contributed by atoms with Crippen molar-refractivity contribution in [1.29, 1.82) is 0 Å². The van der Waals surface area contributed by atoms with Crippen LogP contribution in [-0.2, 0) is 16.6 Å². The van der Waals surface area contributed by atoms with E-state index in [1.807, 2.05) is 72.3 Å². The lowest BCUT2D eigenvalue weighted by molar-refractivity contribution is -0.136. The van der Waals surface area contributed by atoms with Crippen LogP contribution in [0.2, 0.25) is 0 Å². The van der Waals surface area contributed by atoms with Gasteiger partial charge in [0.1, 0.15) is 0 Å². The summed E-state index contributed by atoms with van der Waals surface area (Å²) in [5, 5.41) is 0.829. The van der Waals surface area contributed by atoms with Gasteiger partial charge in [-0.25, -0.2) is 4.79 Å². The summed E-state index contributed by atoms with van der Waals surface area (Å²) in [6.07, 6.45) is 2.91. The summed E-state index contributed by atoms with van der Waals surface area (Å²) in [5.41, 5.74) is 3.98. The highest BCUT2D eigenvalue weighted by Crippen LogP contribution is 2.34. The van der Waals surface area contributed by atoms with Gasteiger partial charge in [0.2, 0.25) is 12.6 Å². The Bertz CT molecular complexity index is 1380. The number of hydrogen-bond acceptors (Lipinski definition) is 5. The highest BCUT2D eigenvalue weighted by atomic mass is 16.7. The normalized spacial score (nSPS) is 12.4. The average molecular weight is 439 g/mol. The number of carbonyl (C=O) groups is 2. The van der Waals surface area contributed by atoms with E-state index in [0.29, 0.717) is 17.1 Å². The molecule has 1 aliphatic heterocycles. The van der Waals surface area contributed by atoms with Gasteiger partial charge in [-0.2, -0.15) is 0 Å². The maximum Gasteiger partial charge on any atom is 0.331 e. The van der Waals surface area contributed by atoms with Gasteiger partial charge in [0.25, 0.3) is 0 Å². The smallest absolute Gasteiger partial charge is 0.331 e. The van der Waals surface area contributed by atoms with E-state index in [0.717, 1.165) is 27.7 Å². The van der Waals surface area contributed by atoms with E-state index in [2.05, 4.69) is 0 Å². The van der Waals surface area contributed by atoms with Crippen LogP contribution in [-0.4, -0.2) is 29.7 Å². The fourth-order valence-electron chi connectivity index (χ4n) is 4.05. The Morgan fingerprint density at radius 3 is 2.58 bits per heavy atom. The van der Waals surface area contributed by atoms with Crippen LogP contribution in [0.3, 0.4) is 0 Å². The summed E-state index contributed by atoms with van der Waals surface area (Å²) in [6, 6.07) is 22.8. The van der Waals surface area contributed by atoms with Crippen molar-refractivity contribution < 1.29 is 23.8 Å². The first kappa shape index (κ1) is 20.6. The zero-order valence-corrected chi connectivity index (χ0v) is 18.0. The number of carbonyl (C=O) groups excluding carboxylic acids is 2. The molecule has 0 bridgehead atoms. The van der Waals surface area contributed by atoms with E-state index < -0.39 is 5.97 Å². The number of ether oxygens (including phenoxy) is 3. The van der Waals surface area contributed by atoms with Crippen LogP contribution in [0.4, 0.5) is 0 Å². The Labute approximate surface area is 190 Å². The molecular formula is C27H21NO5. The van der Waals surface area contributed by atoms with Crippen molar-refractivity contribution in [3.63, 3.8) is 0 Å². The molecule has 0 atom stereocenters. The number of fused-ring (bicyclic) bond motifs is 2. The second-order valence-corrected chi connectivity index (χ2v) is 7.64. The van der Waals surface area contributed by atoms with E-state index >= 15 is 0 Å². The first-order chi connectivity index (χ1) is 16.1. The standard InChI is InChI=1S/C27H21NO5/c1-28-21-10-6-5-9-20(21)26(27(28)19-7-3-2-4-8-19)22(29)16-31-25(30)14-12-18-11-13-23-24(15-18)33-17-32-23/h2-15H,16-17H2,1H3. The Hall–Kier alpha value is -4.32. The Balaban J connectivity index is 1.36. The van der Waals surface area contributed by atoms with Gasteiger partial charge in [-0.15, -0.1) is 0 Å². The molecule has 0 amide bonds. The van der Waals surface area contributed by atoms with Gasteiger partial charge in [-0.1, -0.05) is 54.6 Å². The number of rotatable bonds is 6. The molecule has 0 spiro atoms. The van der Waals surface area contributed by atoms with Crippen molar-refractivity contribution in [2.24, 2.45) is 7.05 Å². The lowest BCUT2D eigenvalue weighted by atomic mass is 10.0. The average Bonchev–Trinajstić information content (AvgIpc) is 3.44. The highest BCUT2D eigenvalue weighted by Gasteiger charge is 2.22. The summed E-state index contributed by atoms with van der Waals surface area (Å²) < 4.78 is 17.9. The van der Waals surface area contributed by atoms with Gasteiger partial charge >= 0.3 is 5.97 Å². The molecule has 0 radical (unpaired) electrons. The number of esters is 1. The van der Waals surface area contributed by atoms with Crippen LogP contribution >= 0.6 is 0 Å². The molecule has 5 rings (SSSR count). The van der Waals surface area contributed by atoms with Crippen molar-refractivity contribution in [2.75, 3.05) is 13.4 Å². The number of hydrogen-bond donors (Lipinski definition) is 0. The van der Waals surface area contributed by atoms with E-state index in [1.54, 1.807) is 18.2 Å². The fraction of sp³-hybridized carbons (Fsp3) is 0.111. The largest absolute Gasteiger partial charge is 0.454 e. The second kappa shape index (κ2) is 8.67. The molecule has 3 aromatic carbocycles. The quantitative estimate of drug-likeness (QED) is 0.240. The third-order valence-corrected chi connectivity index (χ3v) is 5.59. The lowest BCUT2D eigenvalue weighted by Gasteiger charge is -2.08. The van der Waals surface area contributed by atoms with Gasteiger partial charge in [-0.3, -0.25) is 4.79 Å². The predicted molar refractivity (Wildman–Crippen MR) is 125 cm³/mol. The summed E-state index contributed by atoms with van der Waals surface area (Å²) in [6.45, 7) is -0.163. The number of Topliss-reactive ketones (excluding diaryl/α,β-unsaturated/α-hetero) is 1. The molecule has 0 unspecified atom stereocenters. The summed E-state index contributed by atoms with van der Waals surface area (Å²) in [4.78, 5) is 25.5. The Morgan fingerprint density at radius 2 is 1.73 bits per heavy atom. The van der Waals surface area contributed by atoms with Gasteiger partial charge < -0.3 is 18.8 Å². The predicted octanol–water partition coefficient (Wildman–Crippen LogP) is 5.01. The number of ketones is 1. The molecule has 0 N–H and O–H groups in total. The van der Waals surface area contributed by atoms with Gasteiger partial charge in [0.15, 0.2) is 18.1 Å². The number of aryl methyl sites for hydroxylation is 1. The number of benzene rings is 3. The summed E-state index contributed by atoms with van der Waals surface area (Å²) in [7, 11) is 1.93. The van der Waals surface area contributed by atoms with Crippen molar-refractivity contribution in [1.82, 2.24) is 4.57 Å². The Morgan fingerprint density at radius 1 is 0.970 bits per heavy atom. The van der Waals surface area contributed by atoms with Crippen LogP contribution in [0.15, 0.2) is 78.9 Å². The molecule has 164 valence electrons. The maximum atomic E-state index is 13.2. The topological polar surface area (TPSA) is 66.8 Å². The molecule has 6 nitrogen and oxygen atoms in total.